The van der Waals surface area contributed by atoms with Crippen LogP contribution in [0, 0.1) is 41.4 Å². The maximum absolute atomic E-state index is 15.3. The molecule has 0 aliphatic carbocycles. The summed E-state index contributed by atoms with van der Waals surface area (Å²) in [4.78, 5) is 170. The van der Waals surface area contributed by atoms with Crippen molar-refractivity contribution in [2.24, 2.45) is 41.4 Å². The molecule has 1 heterocycles. The van der Waals surface area contributed by atoms with E-state index in [1.54, 1.807) is 41.5 Å². The van der Waals surface area contributed by atoms with Gasteiger partial charge in [-0.3, -0.25) is 52.7 Å². The van der Waals surface area contributed by atoms with Crippen molar-refractivity contribution in [3.05, 3.63) is 42.0 Å². The van der Waals surface area contributed by atoms with E-state index in [9.17, 15) is 38.7 Å². The van der Waals surface area contributed by atoms with Crippen molar-refractivity contribution in [1.82, 2.24) is 55.6 Å². The standard InChI is InChI=1S/C67H113N11O12/c1-24-48-63(86)72(17)37-53(79)73(18)49(33-38(2)3)60(83)71-54(42(10)11)66(89)74(19)50(34-39(4)5)59(82)68-45(15)58(81)69-46(16)62(85)75(20)51(35-40(6)7)64(87)76(21)52(36-41(8)9)65(88)77(22)55(43(12)13)67(90)78(23)56(61(84)70-48)57(80)44(14)29-28-32-47-30-26-25-27-31-47/h25-28,30-32,38-46,48-52,54-57,80H,24,29,33-37H2,1-23H3,(H,68,82)(H,69,81)(H,70,84)(H,71,83)/b32-28+/t44-,45+,46-,48+,49+,50+,51+,52+,54+,55+,56?,57-/m1/s1. The Balaban J connectivity index is 2.99. The fraction of sp³-hybridized carbons (Fsp3) is 0.716. The molecule has 0 aromatic heterocycles. The lowest BCUT2D eigenvalue weighted by Crippen LogP contribution is -2.63. The van der Waals surface area contributed by atoms with Gasteiger partial charge >= 0.3 is 0 Å². The number of carbonyl (C=O) groups excluding carboxylic acids is 11. The molecule has 90 heavy (non-hydrogen) atoms. The average molecular weight is 1260 g/mol. The highest BCUT2D eigenvalue weighted by Gasteiger charge is 2.46. The summed E-state index contributed by atoms with van der Waals surface area (Å²) >= 11 is 0. The van der Waals surface area contributed by atoms with Gasteiger partial charge in [0.05, 0.1) is 12.6 Å². The van der Waals surface area contributed by atoms with E-state index in [2.05, 4.69) is 21.3 Å². The first-order valence-electron chi connectivity index (χ1n) is 32.2. The predicted octanol–water partition coefficient (Wildman–Crippen LogP) is 4.41. The third-order valence-corrected chi connectivity index (χ3v) is 17.0. The molecule has 1 unspecified atom stereocenters. The van der Waals surface area contributed by atoms with Crippen LogP contribution in [0.3, 0.4) is 0 Å². The zero-order valence-corrected chi connectivity index (χ0v) is 58.5. The quantitative estimate of drug-likeness (QED) is 0.154. The summed E-state index contributed by atoms with van der Waals surface area (Å²) in [5, 5.41) is 23.4. The first-order chi connectivity index (χ1) is 41.7. The van der Waals surface area contributed by atoms with Crippen molar-refractivity contribution in [3.8, 4) is 0 Å². The minimum Gasteiger partial charge on any atom is -0.390 e. The molecule has 23 heteroatoms. The number of aliphatic hydroxyl groups is 1. The van der Waals surface area contributed by atoms with E-state index in [-0.39, 0.29) is 62.2 Å². The van der Waals surface area contributed by atoms with Crippen molar-refractivity contribution in [3.63, 3.8) is 0 Å². The summed E-state index contributed by atoms with van der Waals surface area (Å²) in [7, 11) is 9.93. The van der Waals surface area contributed by atoms with Gasteiger partial charge < -0.3 is 60.7 Å². The van der Waals surface area contributed by atoms with Crippen LogP contribution in [0.25, 0.3) is 6.08 Å². The summed E-state index contributed by atoms with van der Waals surface area (Å²) < 4.78 is 0. The molecule has 1 aromatic carbocycles. The summed E-state index contributed by atoms with van der Waals surface area (Å²) in [5.41, 5.74) is 0.896. The Hall–Kier alpha value is -6.91. The van der Waals surface area contributed by atoms with Crippen LogP contribution < -0.4 is 21.3 Å². The number of nitrogens with one attached hydrogen (secondary N) is 4. The van der Waals surface area contributed by atoms with Crippen LogP contribution in [-0.4, -0.2) is 227 Å². The first-order valence-corrected chi connectivity index (χ1v) is 32.2. The number of likely N-dealkylation sites (N-methyl/N-ethyl adjacent to an activating group) is 7. The molecule has 0 bridgehead atoms. The van der Waals surface area contributed by atoms with Crippen LogP contribution in [0.15, 0.2) is 36.4 Å². The van der Waals surface area contributed by atoms with E-state index in [0.29, 0.717) is 0 Å². The van der Waals surface area contributed by atoms with Crippen molar-refractivity contribution in [2.45, 2.75) is 216 Å². The van der Waals surface area contributed by atoms with Gasteiger partial charge in [0, 0.05) is 49.3 Å². The lowest BCUT2D eigenvalue weighted by Gasteiger charge is -2.41. The third-order valence-electron chi connectivity index (χ3n) is 17.0. The number of aliphatic hydroxyl groups excluding tert-OH is 1. The molecular weight excluding hydrogens is 1150 g/mol. The molecular formula is C67H113N11O12. The fourth-order valence-corrected chi connectivity index (χ4v) is 11.3. The normalized spacial score (nSPS) is 26.0. The zero-order chi connectivity index (χ0) is 69.1. The number of hydrogen-bond acceptors (Lipinski definition) is 12. The van der Waals surface area contributed by atoms with Gasteiger partial charge in [-0.2, -0.15) is 0 Å². The van der Waals surface area contributed by atoms with Gasteiger partial charge in [0.2, 0.25) is 65.0 Å². The van der Waals surface area contributed by atoms with E-state index < -0.39 is 156 Å². The van der Waals surface area contributed by atoms with Crippen molar-refractivity contribution in [2.75, 3.05) is 55.9 Å². The topological polar surface area (TPSA) is 279 Å². The van der Waals surface area contributed by atoms with Gasteiger partial charge in [-0.25, -0.2) is 0 Å². The Labute approximate surface area is 537 Å². The van der Waals surface area contributed by atoms with Gasteiger partial charge in [-0.15, -0.1) is 0 Å². The number of carbonyl (C=O) groups is 11. The number of benzene rings is 1. The van der Waals surface area contributed by atoms with E-state index in [4.69, 9.17) is 0 Å². The number of amides is 11. The zero-order valence-electron chi connectivity index (χ0n) is 58.5. The van der Waals surface area contributed by atoms with Crippen LogP contribution in [0.1, 0.15) is 155 Å². The van der Waals surface area contributed by atoms with Crippen LogP contribution in [0.4, 0.5) is 0 Å². The Morgan fingerprint density at radius 3 is 1.38 bits per heavy atom. The molecule has 23 nitrogen and oxygen atoms in total. The Morgan fingerprint density at radius 1 is 0.467 bits per heavy atom. The molecule has 1 aliphatic rings. The maximum atomic E-state index is 15.3. The monoisotopic (exact) mass is 1260 g/mol. The van der Waals surface area contributed by atoms with E-state index in [0.717, 1.165) is 15.4 Å². The second-order valence-corrected chi connectivity index (χ2v) is 27.3. The lowest BCUT2D eigenvalue weighted by molar-refractivity contribution is -0.157. The van der Waals surface area contributed by atoms with Gasteiger partial charge in [-0.05, 0) is 99.4 Å². The molecule has 2 rings (SSSR count). The van der Waals surface area contributed by atoms with Gasteiger partial charge in [0.1, 0.15) is 60.4 Å². The third kappa shape index (κ3) is 22.2. The molecule has 0 spiro atoms. The fourth-order valence-electron chi connectivity index (χ4n) is 11.3. The largest absolute Gasteiger partial charge is 0.390 e. The molecule has 12 atom stereocenters. The highest BCUT2D eigenvalue weighted by Crippen LogP contribution is 2.26. The SMILES string of the molecule is CC[C@@H]1NC(=O)C([C@H](O)[C@H](C)C/C=C/c2ccccc2)N(C)C(=O)[C@H](C(C)C)N(C)C(=O)[C@H](CC(C)C)N(C)C(=O)[C@H](CC(C)C)N(C)C(=O)[C@@H](C)NC(=O)[C@H](C)NC(=O)[C@H](CC(C)C)N(C)C(=O)[C@H](C(C)C)NC(=O)[C@H](CC(C)C)N(C)C(=O)CN(C)C1=O. The predicted molar refractivity (Wildman–Crippen MR) is 349 cm³/mol. The van der Waals surface area contributed by atoms with Crippen molar-refractivity contribution >= 4 is 71.1 Å². The van der Waals surface area contributed by atoms with E-state index >= 15 is 19.2 Å². The molecule has 508 valence electrons. The van der Waals surface area contributed by atoms with Gasteiger partial charge in [-0.1, -0.05) is 139 Å². The molecule has 1 fully saturated rings. The number of nitrogens with zero attached hydrogens (tertiary/aromatic N) is 7. The molecule has 1 saturated heterocycles. The Kier molecular flexibility index (Phi) is 31.9. The molecule has 1 aliphatic heterocycles. The van der Waals surface area contributed by atoms with Crippen LogP contribution in [0.2, 0.25) is 0 Å². The average Bonchev–Trinajstić information content (AvgIpc) is 0.874. The molecule has 5 N–H and O–H groups in total. The lowest BCUT2D eigenvalue weighted by atomic mass is 9.91. The number of allylic oxidation sites excluding steroid dienone is 1. The molecule has 0 saturated carbocycles. The Bertz CT molecular complexity index is 2630. The van der Waals surface area contributed by atoms with Crippen LogP contribution in [-0.2, 0) is 52.7 Å². The summed E-state index contributed by atoms with van der Waals surface area (Å²) in [6, 6.07) is -3.00. The maximum Gasteiger partial charge on any atom is 0.246 e. The van der Waals surface area contributed by atoms with Crippen LogP contribution >= 0.6 is 0 Å². The summed E-state index contributed by atoms with van der Waals surface area (Å²) in [5.74, 6) is -9.88. The smallest absolute Gasteiger partial charge is 0.246 e. The first kappa shape index (κ1) is 79.2. The van der Waals surface area contributed by atoms with Crippen LogP contribution in [0.5, 0.6) is 0 Å². The number of rotatable bonds is 16. The summed E-state index contributed by atoms with van der Waals surface area (Å²) in [6.45, 7) is 27.5. The molecule has 0 radical (unpaired) electrons. The minimum atomic E-state index is -1.65. The van der Waals surface area contributed by atoms with Crippen molar-refractivity contribution < 1.29 is 57.8 Å². The molecule has 1 aromatic rings. The van der Waals surface area contributed by atoms with E-state index in [1.807, 2.05) is 97.9 Å². The summed E-state index contributed by atoms with van der Waals surface area (Å²) in [6.07, 6.45) is 3.02. The minimum absolute atomic E-state index is 0.0102. The highest BCUT2D eigenvalue weighted by atomic mass is 16.3. The Morgan fingerprint density at radius 2 is 0.900 bits per heavy atom. The molecule has 11 amide bonds. The van der Waals surface area contributed by atoms with E-state index in [1.165, 1.54) is 87.7 Å². The van der Waals surface area contributed by atoms with Gasteiger partial charge in [0.25, 0.3) is 0 Å². The van der Waals surface area contributed by atoms with Gasteiger partial charge in [0.15, 0.2) is 0 Å². The second kappa shape index (κ2) is 36.2. The van der Waals surface area contributed by atoms with Crippen molar-refractivity contribution in [1.29, 1.82) is 0 Å². The number of hydrogen-bond donors (Lipinski definition) is 5. The second-order valence-electron chi connectivity index (χ2n) is 27.3. The highest BCUT2D eigenvalue weighted by molar-refractivity contribution is 5.99.